The van der Waals surface area contributed by atoms with E-state index in [2.05, 4.69) is 25.8 Å². The van der Waals surface area contributed by atoms with E-state index < -0.39 is 9.84 Å². The maximum atomic E-state index is 12.6. The molecule has 0 spiro atoms. The van der Waals surface area contributed by atoms with Gasteiger partial charge in [0.2, 0.25) is 0 Å². The summed E-state index contributed by atoms with van der Waals surface area (Å²) in [6.45, 7) is 3.16. The third kappa shape index (κ3) is 4.17. The van der Waals surface area contributed by atoms with Gasteiger partial charge in [-0.2, -0.15) is 0 Å². The normalized spacial score (nSPS) is 16.7. The van der Waals surface area contributed by atoms with Crippen molar-refractivity contribution < 1.29 is 13.2 Å². The van der Waals surface area contributed by atoms with Gasteiger partial charge in [-0.1, -0.05) is 22.0 Å². The largest absolute Gasteiger partial charge is 0.350 e. The molecule has 1 aromatic carbocycles. The molecule has 0 aliphatic carbocycles. The summed E-state index contributed by atoms with van der Waals surface area (Å²) >= 11 is 3.43. The zero-order chi connectivity index (χ0) is 17.3. The second-order valence-electron chi connectivity index (χ2n) is 6.18. The van der Waals surface area contributed by atoms with Crippen molar-refractivity contribution in [3.8, 4) is 0 Å². The topological polar surface area (TPSA) is 73.5 Å². The Morgan fingerprint density at radius 1 is 1.21 bits per heavy atom. The Labute approximate surface area is 149 Å². The maximum absolute atomic E-state index is 12.6. The minimum atomic E-state index is -2.95. The number of rotatable bonds is 4. The summed E-state index contributed by atoms with van der Waals surface area (Å²) in [4.78, 5) is 19.7. The number of halogens is 1. The van der Waals surface area contributed by atoms with Crippen molar-refractivity contribution in [1.82, 2.24) is 14.8 Å². The molecule has 1 aromatic heterocycles. The minimum Gasteiger partial charge on any atom is -0.350 e. The number of nitrogens with zero attached hydrogens (tertiary/aromatic N) is 2. The Morgan fingerprint density at radius 3 is 2.58 bits per heavy atom. The average molecular weight is 414 g/mol. The third-order valence-electron chi connectivity index (χ3n) is 4.25. The third-order valence-corrected chi connectivity index (χ3v) is 5.67. The van der Waals surface area contributed by atoms with E-state index in [9.17, 15) is 13.2 Å². The van der Waals surface area contributed by atoms with Crippen LogP contribution >= 0.6 is 15.9 Å². The lowest BCUT2D eigenvalue weighted by Gasteiger charge is -2.34. The monoisotopic (exact) mass is 413 g/mol. The first-order valence-corrected chi connectivity index (χ1v) is 10.6. The number of piperazine rings is 1. The number of benzene rings is 1. The summed E-state index contributed by atoms with van der Waals surface area (Å²) in [6, 6.07) is 7.75. The molecular formula is C16H20BrN3O3S. The van der Waals surface area contributed by atoms with Crippen LogP contribution in [0.3, 0.4) is 0 Å². The van der Waals surface area contributed by atoms with Gasteiger partial charge in [-0.15, -0.1) is 0 Å². The standard InChI is InChI=1S/C16H20BrN3O3S/c1-24(22,23)9-8-19-4-6-20(7-5-19)16(21)15-10-12-2-3-13(17)11-14(12)18-15/h2-3,10-11,18H,4-9H2,1H3. The van der Waals surface area contributed by atoms with Crippen LogP contribution < -0.4 is 0 Å². The number of H-pyrrole nitrogens is 1. The summed E-state index contributed by atoms with van der Waals surface area (Å²) < 4.78 is 23.5. The zero-order valence-corrected chi connectivity index (χ0v) is 15.9. The summed E-state index contributed by atoms with van der Waals surface area (Å²) in [7, 11) is -2.95. The van der Waals surface area contributed by atoms with E-state index in [0.717, 1.165) is 15.4 Å². The molecule has 130 valence electrons. The number of sulfone groups is 1. The number of fused-ring (bicyclic) bond motifs is 1. The van der Waals surface area contributed by atoms with Crippen molar-refractivity contribution in [2.24, 2.45) is 0 Å². The highest BCUT2D eigenvalue weighted by atomic mass is 79.9. The first kappa shape index (κ1) is 17.4. The second kappa shape index (κ2) is 6.85. The first-order chi connectivity index (χ1) is 11.3. The van der Waals surface area contributed by atoms with Crippen LogP contribution in [0, 0.1) is 0 Å². The number of carbonyl (C=O) groups excluding carboxylic acids is 1. The van der Waals surface area contributed by atoms with E-state index in [1.807, 2.05) is 29.2 Å². The lowest BCUT2D eigenvalue weighted by molar-refractivity contribution is 0.0639. The van der Waals surface area contributed by atoms with E-state index in [-0.39, 0.29) is 11.7 Å². The number of aromatic nitrogens is 1. The molecule has 0 unspecified atom stereocenters. The summed E-state index contributed by atoms with van der Waals surface area (Å²) in [5.74, 6) is 0.155. The van der Waals surface area contributed by atoms with Gasteiger partial charge < -0.3 is 9.88 Å². The highest BCUT2D eigenvalue weighted by molar-refractivity contribution is 9.10. The fourth-order valence-corrected chi connectivity index (χ4v) is 3.81. The first-order valence-electron chi connectivity index (χ1n) is 7.79. The van der Waals surface area contributed by atoms with Gasteiger partial charge in [0, 0.05) is 54.4 Å². The van der Waals surface area contributed by atoms with E-state index in [4.69, 9.17) is 0 Å². The van der Waals surface area contributed by atoms with Gasteiger partial charge in [0.1, 0.15) is 15.5 Å². The Morgan fingerprint density at radius 2 is 1.92 bits per heavy atom. The molecule has 24 heavy (non-hydrogen) atoms. The van der Waals surface area contributed by atoms with Crippen molar-refractivity contribution in [1.29, 1.82) is 0 Å². The predicted molar refractivity (Wildman–Crippen MR) is 98.1 cm³/mol. The van der Waals surface area contributed by atoms with Gasteiger partial charge in [-0.25, -0.2) is 8.42 Å². The Bertz CT molecular complexity index is 855. The predicted octanol–water partition coefficient (Wildman–Crippen LogP) is 1.73. The molecule has 1 saturated heterocycles. The van der Waals surface area contributed by atoms with Crippen LogP contribution in [0.2, 0.25) is 0 Å². The van der Waals surface area contributed by atoms with Crippen LogP contribution in [-0.2, 0) is 9.84 Å². The molecule has 3 rings (SSSR count). The van der Waals surface area contributed by atoms with Crippen molar-refractivity contribution >= 4 is 42.6 Å². The molecule has 1 aliphatic heterocycles. The molecule has 0 radical (unpaired) electrons. The van der Waals surface area contributed by atoms with Gasteiger partial charge in [0.05, 0.1) is 5.75 Å². The Balaban J connectivity index is 1.62. The van der Waals surface area contributed by atoms with E-state index in [1.165, 1.54) is 6.26 Å². The van der Waals surface area contributed by atoms with E-state index in [0.29, 0.717) is 38.4 Å². The number of hydrogen-bond acceptors (Lipinski definition) is 4. The number of carbonyl (C=O) groups is 1. The molecule has 0 atom stereocenters. The number of aromatic amines is 1. The fourth-order valence-electron chi connectivity index (χ4n) is 2.85. The Hall–Kier alpha value is -1.38. The SMILES string of the molecule is CS(=O)(=O)CCN1CCN(C(=O)c2cc3ccc(Br)cc3[nH]2)CC1. The van der Waals surface area contributed by atoms with Crippen LogP contribution in [-0.4, -0.2) is 73.8 Å². The minimum absolute atomic E-state index is 0.00918. The molecule has 0 saturated carbocycles. The molecular weight excluding hydrogens is 394 g/mol. The molecule has 6 nitrogen and oxygen atoms in total. The van der Waals surface area contributed by atoms with Gasteiger partial charge in [-0.05, 0) is 18.2 Å². The van der Waals surface area contributed by atoms with Crippen molar-refractivity contribution in [3.63, 3.8) is 0 Å². The van der Waals surface area contributed by atoms with Crippen molar-refractivity contribution in [3.05, 3.63) is 34.4 Å². The Kier molecular flexibility index (Phi) is 4.98. The summed E-state index contributed by atoms with van der Waals surface area (Å²) in [5, 5.41) is 1.01. The summed E-state index contributed by atoms with van der Waals surface area (Å²) in [5.41, 5.74) is 1.52. The smallest absolute Gasteiger partial charge is 0.270 e. The van der Waals surface area contributed by atoms with Crippen molar-refractivity contribution in [2.45, 2.75) is 0 Å². The van der Waals surface area contributed by atoms with Crippen LogP contribution in [0.15, 0.2) is 28.7 Å². The second-order valence-corrected chi connectivity index (χ2v) is 9.35. The molecule has 1 fully saturated rings. The van der Waals surface area contributed by atoms with Gasteiger partial charge in [0.15, 0.2) is 0 Å². The molecule has 8 heteroatoms. The molecule has 1 aliphatic rings. The van der Waals surface area contributed by atoms with Crippen LogP contribution in [0.4, 0.5) is 0 Å². The molecule has 0 bridgehead atoms. The van der Waals surface area contributed by atoms with Crippen LogP contribution in [0.1, 0.15) is 10.5 Å². The number of amides is 1. The quantitative estimate of drug-likeness (QED) is 0.827. The average Bonchev–Trinajstić information content (AvgIpc) is 2.95. The number of hydrogen-bond donors (Lipinski definition) is 1. The fraction of sp³-hybridized carbons (Fsp3) is 0.438. The maximum Gasteiger partial charge on any atom is 0.270 e. The van der Waals surface area contributed by atoms with Gasteiger partial charge >= 0.3 is 0 Å². The lowest BCUT2D eigenvalue weighted by Crippen LogP contribution is -2.49. The van der Waals surface area contributed by atoms with Crippen LogP contribution in [0.25, 0.3) is 10.9 Å². The van der Waals surface area contributed by atoms with E-state index >= 15 is 0 Å². The van der Waals surface area contributed by atoms with Gasteiger partial charge in [0.25, 0.3) is 5.91 Å². The molecule has 2 aromatic rings. The van der Waals surface area contributed by atoms with Crippen LogP contribution in [0.5, 0.6) is 0 Å². The molecule has 1 amide bonds. The number of nitrogens with one attached hydrogen (secondary N) is 1. The van der Waals surface area contributed by atoms with Gasteiger partial charge in [-0.3, -0.25) is 9.69 Å². The summed E-state index contributed by atoms with van der Waals surface area (Å²) in [6.07, 6.45) is 1.25. The lowest BCUT2D eigenvalue weighted by atomic mass is 10.2. The highest BCUT2D eigenvalue weighted by Crippen LogP contribution is 2.21. The molecule has 2 heterocycles. The van der Waals surface area contributed by atoms with E-state index in [1.54, 1.807) is 0 Å². The molecule has 1 N–H and O–H groups in total. The highest BCUT2D eigenvalue weighted by Gasteiger charge is 2.23. The zero-order valence-electron chi connectivity index (χ0n) is 13.5. The van der Waals surface area contributed by atoms with Crippen molar-refractivity contribution in [2.75, 3.05) is 44.7 Å².